The van der Waals surface area contributed by atoms with Crippen molar-refractivity contribution in [1.29, 1.82) is 0 Å². The molecule has 0 bridgehead atoms. The normalized spacial score (nSPS) is 12.9. The lowest BCUT2D eigenvalue weighted by molar-refractivity contribution is -0.139. The van der Waals surface area contributed by atoms with Crippen LogP contribution in [0, 0.1) is 12.3 Å². The molecular weight excluding hydrogens is 422 g/mol. The van der Waals surface area contributed by atoms with Gasteiger partial charge >= 0.3 is 5.97 Å². The number of ether oxygens (including phenoxy) is 1. The van der Waals surface area contributed by atoms with Crippen molar-refractivity contribution in [2.75, 3.05) is 12.4 Å². The van der Waals surface area contributed by atoms with Gasteiger partial charge in [0, 0.05) is 11.7 Å². The van der Waals surface area contributed by atoms with Crippen molar-refractivity contribution in [2.45, 2.75) is 86.1 Å². The molecule has 0 radical (unpaired) electrons. The molecule has 1 unspecified atom stereocenters. The van der Waals surface area contributed by atoms with Crippen molar-refractivity contribution in [3.8, 4) is 0 Å². The molecule has 3 aromatic rings. The second kappa shape index (κ2) is 10.6. The fourth-order valence-electron chi connectivity index (χ4n) is 4.45. The van der Waals surface area contributed by atoms with E-state index in [1.807, 2.05) is 6.07 Å². The fourth-order valence-corrected chi connectivity index (χ4v) is 4.45. The molecule has 2 aromatic carbocycles. The van der Waals surface area contributed by atoms with Crippen LogP contribution in [-0.4, -0.2) is 22.6 Å². The number of esters is 1. The number of benzene rings is 2. The predicted octanol–water partition coefficient (Wildman–Crippen LogP) is 7.70. The van der Waals surface area contributed by atoms with Crippen molar-refractivity contribution < 1.29 is 9.53 Å². The van der Waals surface area contributed by atoms with Gasteiger partial charge in [-0.25, -0.2) is 4.98 Å². The van der Waals surface area contributed by atoms with Gasteiger partial charge < -0.3 is 14.6 Å². The number of rotatable bonds is 10. The predicted molar refractivity (Wildman–Crippen MR) is 142 cm³/mol. The summed E-state index contributed by atoms with van der Waals surface area (Å²) in [6.07, 6.45) is 3.46. The number of carbonyl (C=O) groups is 1. The zero-order valence-corrected chi connectivity index (χ0v) is 22.2. The molecule has 0 amide bonds. The third kappa shape index (κ3) is 5.81. The quantitative estimate of drug-likeness (QED) is 0.313. The molecular formula is C29H41N3O2. The van der Waals surface area contributed by atoms with Gasteiger partial charge in [-0.05, 0) is 72.1 Å². The number of aromatic nitrogens is 2. The van der Waals surface area contributed by atoms with Gasteiger partial charge in [0.15, 0.2) is 0 Å². The largest absolute Gasteiger partial charge is 0.469 e. The Hall–Kier alpha value is -2.82. The topological polar surface area (TPSA) is 56.2 Å². The van der Waals surface area contributed by atoms with Crippen LogP contribution < -0.4 is 5.32 Å². The summed E-state index contributed by atoms with van der Waals surface area (Å²) in [6, 6.07) is 13.1. The number of anilines is 2. The molecule has 184 valence electrons. The molecule has 34 heavy (non-hydrogen) atoms. The molecule has 0 aliphatic carbocycles. The Morgan fingerprint density at radius 3 is 2.38 bits per heavy atom. The Bertz CT molecular complexity index is 1130. The highest BCUT2D eigenvalue weighted by molar-refractivity contribution is 5.83. The average Bonchev–Trinajstić information content (AvgIpc) is 3.14. The minimum atomic E-state index is -0.235. The van der Waals surface area contributed by atoms with Gasteiger partial charge in [-0.2, -0.15) is 0 Å². The maximum atomic E-state index is 11.9. The third-order valence-electron chi connectivity index (χ3n) is 7.12. The monoisotopic (exact) mass is 463 g/mol. The molecule has 0 saturated heterocycles. The Labute approximate surface area is 204 Å². The van der Waals surface area contributed by atoms with Gasteiger partial charge in [-0.3, -0.25) is 4.79 Å². The first-order valence-corrected chi connectivity index (χ1v) is 12.5. The molecule has 0 saturated carbocycles. The van der Waals surface area contributed by atoms with Crippen LogP contribution in [0.5, 0.6) is 0 Å². The van der Waals surface area contributed by atoms with Crippen molar-refractivity contribution in [1.82, 2.24) is 9.55 Å². The molecule has 1 aromatic heterocycles. The van der Waals surface area contributed by atoms with E-state index in [0.717, 1.165) is 53.1 Å². The SMILES string of the molecule is CCC(CC(C)(C)CC)n1c(Nc2ccc(C(C)C)cc2)nc2cc(CC(=O)OC)c(C)cc21. The molecule has 5 heteroatoms. The lowest BCUT2D eigenvalue weighted by Gasteiger charge is -2.30. The van der Waals surface area contributed by atoms with Crippen molar-refractivity contribution >= 4 is 28.6 Å². The highest BCUT2D eigenvalue weighted by Gasteiger charge is 2.26. The van der Waals surface area contributed by atoms with Crippen LogP contribution in [0.4, 0.5) is 11.6 Å². The van der Waals surface area contributed by atoms with Crippen LogP contribution in [-0.2, 0) is 16.0 Å². The van der Waals surface area contributed by atoms with Crippen LogP contribution in [0.15, 0.2) is 36.4 Å². The Balaban J connectivity index is 2.11. The van der Waals surface area contributed by atoms with E-state index in [4.69, 9.17) is 9.72 Å². The second-order valence-electron chi connectivity index (χ2n) is 10.5. The van der Waals surface area contributed by atoms with Crippen molar-refractivity contribution in [3.05, 3.63) is 53.1 Å². The van der Waals surface area contributed by atoms with Crippen LogP contribution in [0.1, 0.15) is 89.5 Å². The van der Waals surface area contributed by atoms with E-state index in [2.05, 4.69) is 88.7 Å². The van der Waals surface area contributed by atoms with Crippen LogP contribution in [0.25, 0.3) is 11.0 Å². The first-order valence-electron chi connectivity index (χ1n) is 12.5. The standard InChI is InChI=1S/C29H41N3O2/c1-9-24(18-29(6,7)10-2)32-26-15-20(5)22(17-27(33)34-8)16-25(26)31-28(32)30-23-13-11-21(12-14-23)19(3)4/h11-16,19,24H,9-10,17-18H2,1-8H3,(H,30,31). The number of nitrogens with one attached hydrogen (secondary N) is 1. The van der Waals surface area contributed by atoms with Crippen molar-refractivity contribution in [3.63, 3.8) is 0 Å². The number of imidazole rings is 1. The number of nitrogens with zero attached hydrogens (tertiary/aromatic N) is 2. The summed E-state index contributed by atoms with van der Waals surface area (Å²) in [4.78, 5) is 17.0. The molecule has 5 nitrogen and oxygen atoms in total. The van der Waals surface area contributed by atoms with Crippen LogP contribution in [0.2, 0.25) is 0 Å². The minimum Gasteiger partial charge on any atom is -0.469 e. The number of hydrogen-bond acceptors (Lipinski definition) is 4. The number of carbonyl (C=O) groups excluding carboxylic acids is 1. The summed E-state index contributed by atoms with van der Waals surface area (Å²) in [7, 11) is 1.43. The molecule has 0 aliphatic rings. The van der Waals surface area contributed by atoms with E-state index < -0.39 is 0 Å². The van der Waals surface area contributed by atoms with Gasteiger partial charge in [-0.1, -0.05) is 60.1 Å². The van der Waals surface area contributed by atoms with E-state index in [1.165, 1.54) is 12.7 Å². The molecule has 1 atom stereocenters. The molecule has 1 N–H and O–H groups in total. The summed E-state index contributed by atoms with van der Waals surface area (Å²) < 4.78 is 7.27. The first kappa shape index (κ1) is 25.8. The number of hydrogen-bond donors (Lipinski definition) is 1. The van der Waals surface area contributed by atoms with Crippen LogP contribution >= 0.6 is 0 Å². The van der Waals surface area contributed by atoms with Gasteiger partial charge in [0.05, 0.1) is 24.6 Å². The highest BCUT2D eigenvalue weighted by Crippen LogP contribution is 2.38. The van der Waals surface area contributed by atoms with Gasteiger partial charge in [-0.15, -0.1) is 0 Å². The fraction of sp³-hybridized carbons (Fsp3) is 0.517. The average molecular weight is 464 g/mol. The van der Waals surface area contributed by atoms with Gasteiger partial charge in [0.2, 0.25) is 5.95 Å². The van der Waals surface area contributed by atoms with Crippen molar-refractivity contribution in [2.24, 2.45) is 5.41 Å². The molecule has 0 fully saturated rings. The Morgan fingerprint density at radius 1 is 1.15 bits per heavy atom. The number of aryl methyl sites for hydroxylation is 1. The first-order chi connectivity index (χ1) is 16.1. The summed E-state index contributed by atoms with van der Waals surface area (Å²) in [5.41, 5.74) is 6.61. The van der Waals surface area contributed by atoms with E-state index >= 15 is 0 Å². The lowest BCUT2D eigenvalue weighted by atomic mass is 9.82. The molecule has 0 spiro atoms. The minimum absolute atomic E-state index is 0.229. The molecule has 1 heterocycles. The second-order valence-corrected chi connectivity index (χ2v) is 10.5. The summed E-state index contributed by atoms with van der Waals surface area (Å²) >= 11 is 0. The highest BCUT2D eigenvalue weighted by atomic mass is 16.5. The zero-order valence-electron chi connectivity index (χ0n) is 22.2. The maximum Gasteiger partial charge on any atom is 0.309 e. The van der Waals surface area contributed by atoms with Crippen LogP contribution in [0.3, 0.4) is 0 Å². The molecule has 3 rings (SSSR count). The van der Waals surface area contributed by atoms with E-state index in [1.54, 1.807) is 0 Å². The third-order valence-corrected chi connectivity index (χ3v) is 7.12. The Kier molecular flexibility index (Phi) is 8.06. The molecule has 0 aliphatic heterocycles. The smallest absolute Gasteiger partial charge is 0.309 e. The summed E-state index contributed by atoms with van der Waals surface area (Å²) in [5.74, 6) is 1.11. The maximum absolute atomic E-state index is 11.9. The Morgan fingerprint density at radius 2 is 1.82 bits per heavy atom. The van der Waals surface area contributed by atoms with E-state index in [9.17, 15) is 4.79 Å². The summed E-state index contributed by atoms with van der Waals surface area (Å²) in [5, 5.41) is 3.60. The van der Waals surface area contributed by atoms with Gasteiger partial charge in [0.1, 0.15) is 0 Å². The summed E-state index contributed by atoms with van der Waals surface area (Å²) in [6.45, 7) is 15.7. The number of methoxy groups -OCH3 is 1. The van der Waals surface area contributed by atoms with E-state index in [-0.39, 0.29) is 17.8 Å². The number of fused-ring (bicyclic) bond motifs is 1. The lowest BCUT2D eigenvalue weighted by Crippen LogP contribution is -2.20. The van der Waals surface area contributed by atoms with Gasteiger partial charge in [0.25, 0.3) is 0 Å². The zero-order chi connectivity index (χ0) is 25.0. The van der Waals surface area contributed by atoms with E-state index in [0.29, 0.717) is 12.0 Å².